The lowest BCUT2D eigenvalue weighted by molar-refractivity contribution is -0.136. The predicted molar refractivity (Wildman–Crippen MR) is 63.8 cm³/mol. The highest BCUT2D eigenvalue weighted by atomic mass is 32.2. The third-order valence-electron chi connectivity index (χ3n) is 2.29. The summed E-state index contributed by atoms with van der Waals surface area (Å²) in [5.41, 5.74) is 0.396. The zero-order valence-corrected chi connectivity index (χ0v) is 10.8. The standard InChI is InChI=1S/C11H14F3NO3S/c12-11(13,14)9-15(6-7-16)19(17,18)8-10-4-2-1-3-5-10/h1-5,16H,6-9H2. The highest BCUT2D eigenvalue weighted by Crippen LogP contribution is 2.20. The molecule has 0 aromatic heterocycles. The van der Waals surface area contributed by atoms with Crippen molar-refractivity contribution in [2.75, 3.05) is 19.7 Å². The summed E-state index contributed by atoms with van der Waals surface area (Å²) < 4.78 is 60.9. The summed E-state index contributed by atoms with van der Waals surface area (Å²) in [6.07, 6.45) is -4.64. The molecule has 0 spiro atoms. The topological polar surface area (TPSA) is 57.6 Å². The summed E-state index contributed by atoms with van der Waals surface area (Å²) in [6, 6.07) is 7.91. The number of sulfonamides is 1. The van der Waals surface area contributed by atoms with Crippen LogP contribution in [0, 0.1) is 0 Å². The van der Waals surface area contributed by atoms with Crippen molar-refractivity contribution in [3.63, 3.8) is 0 Å². The first-order valence-corrected chi connectivity index (χ1v) is 7.05. The molecule has 8 heteroatoms. The maximum absolute atomic E-state index is 12.3. The summed E-state index contributed by atoms with van der Waals surface area (Å²) in [5.74, 6) is -0.524. The van der Waals surface area contributed by atoms with Crippen LogP contribution >= 0.6 is 0 Å². The number of aliphatic hydroxyl groups is 1. The van der Waals surface area contributed by atoms with Crippen molar-refractivity contribution in [2.24, 2.45) is 0 Å². The van der Waals surface area contributed by atoms with E-state index in [1.807, 2.05) is 0 Å². The maximum Gasteiger partial charge on any atom is 0.402 e. The third kappa shape index (κ3) is 5.58. The monoisotopic (exact) mass is 297 g/mol. The number of nitrogens with zero attached hydrogens (tertiary/aromatic N) is 1. The van der Waals surface area contributed by atoms with Gasteiger partial charge in [0.25, 0.3) is 0 Å². The van der Waals surface area contributed by atoms with Crippen LogP contribution in [-0.2, 0) is 15.8 Å². The first-order valence-electron chi connectivity index (χ1n) is 5.44. The Labute approximate surface area is 109 Å². The van der Waals surface area contributed by atoms with E-state index in [1.165, 1.54) is 12.1 Å². The quantitative estimate of drug-likeness (QED) is 0.863. The van der Waals surface area contributed by atoms with Crippen LogP contribution in [0.2, 0.25) is 0 Å². The molecule has 0 saturated carbocycles. The van der Waals surface area contributed by atoms with Crippen LogP contribution in [0.1, 0.15) is 5.56 Å². The second-order valence-electron chi connectivity index (χ2n) is 3.91. The van der Waals surface area contributed by atoms with Crippen molar-refractivity contribution in [2.45, 2.75) is 11.9 Å². The van der Waals surface area contributed by atoms with Crippen LogP contribution in [0.5, 0.6) is 0 Å². The Morgan fingerprint density at radius 1 is 1.16 bits per heavy atom. The van der Waals surface area contributed by atoms with E-state index in [0.717, 1.165) is 0 Å². The normalized spacial score (nSPS) is 12.9. The van der Waals surface area contributed by atoms with Crippen molar-refractivity contribution in [1.29, 1.82) is 0 Å². The van der Waals surface area contributed by atoms with E-state index in [1.54, 1.807) is 18.2 Å². The van der Waals surface area contributed by atoms with Crippen molar-refractivity contribution < 1.29 is 26.7 Å². The highest BCUT2D eigenvalue weighted by Gasteiger charge is 2.35. The van der Waals surface area contributed by atoms with Gasteiger partial charge in [-0.25, -0.2) is 8.42 Å². The van der Waals surface area contributed by atoms with Crippen molar-refractivity contribution in [3.8, 4) is 0 Å². The molecule has 1 N–H and O–H groups in total. The molecular formula is C11H14F3NO3S. The minimum absolute atomic E-state index is 0.250. The molecule has 1 aromatic carbocycles. The molecule has 0 unspecified atom stereocenters. The van der Waals surface area contributed by atoms with E-state index in [9.17, 15) is 21.6 Å². The molecule has 0 heterocycles. The summed E-state index contributed by atoms with van der Waals surface area (Å²) in [6.45, 7) is -2.83. The van der Waals surface area contributed by atoms with Gasteiger partial charge in [0.2, 0.25) is 10.0 Å². The van der Waals surface area contributed by atoms with E-state index in [0.29, 0.717) is 5.56 Å². The van der Waals surface area contributed by atoms with Crippen molar-refractivity contribution >= 4 is 10.0 Å². The number of benzene rings is 1. The van der Waals surface area contributed by atoms with Crippen LogP contribution in [0.3, 0.4) is 0 Å². The van der Waals surface area contributed by atoms with Gasteiger partial charge in [0.05, 0.1) is 12.4 Å². The van der Waals surface area contributed by atoms with E-state index in [2.05, 4.69) is 0 Å². The van der Waals surface area contributed by atoms with Gasteiger partial charge in [-0.05, 0) is 5.56 Å². The zero-order valence-electron chi connectivity index (χ0n) is 9.97. The Balaban J connectivity index is 2.87. The van der Waals surface area contributed by atoms with Gasteiger partial charge < -0.3 is 5.11 Å². The zero-order chi connectivity index (χ0) is 14.5. The van der Waals surface area contributed by atoms with Crippen molar-refractivity contribution in [3.05, 3.63) is 35.9 Å². The fourth-order valence-corrected chi connectivity index (χ4v) is 3.00. The van der Waals surface area contributed by atoms with Crippen LogP contribution in [-0.4, -0.2) is 43.7 Å². The third-order valence-corrected chi connectivity index (χ3v) is 4.09. The van der Waals surface area contributed by atoms with Gasteiger partial charge in [0, 0.05) is 6.54 Å². The predicted octanol–water partition coefficient (Wildman–Crippen LogP) is 1.37. The minimum Gasteiger partial charge on any atom is -0.395 e. The molecule has 0 aliphatic carbocycles. The van der Waals surface area contributed by atoms with Gasteiger partial charge >= 0.3 is 6.18 Å². The Bertz CT molecular complexity index is 488. The number of halogens is 3. The summed E-state index contributed by atoms with van der Waals surface area (Å²) in [5, 5.41) is 8.69. The van der Waals surface area contributed by atoms with E-state index in [4.69, 9.17) is 5.11 Å². The lowest BCUT2D eigenvalue weighted by atomic mass is 10.2. The van der Waals surface area contributed by atoms with Gasteiger partial charge in [-0.15, -0.1) is 0 Å². The second kappa shape index (κ2) is 6.36. The molecule has 1 rings (SSSR count). The molecule has 0 aliphatic heterocycles. The molecule has 4 nitrogen and oxygen atoms in total. The summed E-state index contributed by atoms with van der Waals surface area (Å²) in [7, 11) is -4.12. The van der Waals surface area contributed by atoms with Gasteiger partial charge in [-0.2, -0.15) is 17.5 Å². The number of hydrogen-bond acceptors (Lipinski definition) is 3. The molecule has 0 radical (unpaired) electrons. The molecule has 108 valence electrons. The molecule has 0 saturated heterocycles. The first-order chi connectivity index (χ1) is 8.74. The van der Waals surface area contributed by atoms with Gasteiger partial charge in [0.1, 0.15) is 6.54 Å². The highest BCUT2D eigenvalue weighted by molar-refractivity contribution is 7.88. The van der Waals surface area contributed by atoms with Crippen LogP contribution < -0.4 is 0 Å². The number of alkyl halides is 3. The molecule has 0 aliphatic rings. The number of aliphatic hydroxyl groups excluding tert-OH is 1. The van der Waals surface area contributed by atoms with Crippen LogP contribution in [0.25, 0.3) is 0 Å². The van der Waals surface area contributed by atoms with Crippen LogP contribution in [0.15, 0.2) is 30.3 Å². The van der Waals surface area contributed by atoms with Gasteiger partial charge in [0.15, 0.2) is 0 Å². The van der Waals surface area contributed by atoms with Crippen molar-refractivity contribution in [1.82, 2.24) is 4.31 Å². The van der Waals surface area contributed by atoms with E-state index < -0.39 is 41.6 Å². The first kappa shape index (κ1) is 15.9. The second-order valence-corrected chi connectivity index (χ2v) is 5.88. The Hall–Kier alpha value is -1.12. The van der Waals surface area contributed by atoms with E-state index >= 15 is 0 Å². The average molecular weight is 297 g/mol. The van der Waals surface area contributed by atoms with E-state index in [-0.39, 0.29) is 4.31 Å². The maximum atomic E-state index is 12.3. The molecule has 0 fully saturated rings. The molecule has 19 heavy (non-hydrogen) atoms. The van der Waals surface area contributed by atoms with Crippen LogP contribution in [0.4, 0.5) is 13.2 Å². The SMILES string of the molecule is O=S(=O)(Cc1ccccc1)N(CCO)CC(F)(F)F. The average Bonchev–Trinajstić information content (AvgIpc) is 2.27. The molecule has 0 bridgehead atoms. The minimum atomic E-state index is -4.64. The summed E-state index contributed by atoms with van der Waals surface area (Å²) >= 11 is 0. The summed E-state index contributed by atoms with van der Waals surface area (Å²) in [4.78, 5) is 0. The molecule has 1 aromatic rings. The lowest BCUT2D eigenvalue weighted by Gasteiger charge is -2.22. The lowest BCUT2D eigenvalue weighted by Crippen LogP contribution is -2.41. The number of hydrogen-bond donors (Lipinski definition) is 1. The number of rotatable bonds is 6. The molecule has 0 amide bonds. The fourth-order valence-electron chi connectivity index (χ4n) is 1.50. The largest absolute Gasteiger partial charge is 0.402 e. The Morgan fingerprint density at radius 3 is 2.21 bits per heavy atom. The fraction of sp³-hybridized carbons (Fsp3) is 0.455. The molecular weight excluding hydrogens is 283 g/mol. The van der Waals surface area contributed by atoms with Gasteiger partial charge in [-0.1, -0.05) is 30.3 Å². The smallest absolute Gasteiger partial charge is 0.395 e. The molecule has 0 atom stereocenters. The Kier molecular flexibility index (Phi) is 5.33. The Morgan fingerprint density at radius 2 is 1.74 bits per heavy atom. The van der Waals surface area contributed by atoms with Gasteiger partial charge in [-0.3, -0.25) is 0 Å².